The van der Waals surface area contributed by atoms with Gasteiger partial charge in [0.2, 0.25) is 0 Å². The van der Waals surface area contributed by atoms with Crippen LogP contribution in [0.2, 0.25) is 0 Å². The highest BCUT2D eigenvalue weighted by atomic mass is 31.2. The molecule has 0 bridgehead atoms. The molecule has 0 radical (unpaired) electrons. The second kappa shape index (κ2) is 4.21. The maximum Gasteiger partial charge on any atom is 0.470 e. The topological polar surface area (TPSA) is 137 Å². The Kier molecular flexibility index (Phi) is 3.62. The predicted molar refractivity (Wildman–Crippen MR) is 40.9 cm³/mol. The first-order valence-corrected chi connectivity index (χ1v) is 5.24. The average molecular weight is 230 g/mol. The van der Waals surface area contributed by atoms with Crippen LogP contribution in [-0.4, -0.2) is 56.3 Å². The van der Waals surface area contributed by atoms with E-state index in [-0.39, 0.29) is 0 Å². The van der Waals surface area contributed by atoms with E-state index in [4.69, 9.17) is 20.0 Å². The molecule has 0 saturated carbocycles. The van der Waals surface area contributed by atoms with Gasteiger partial charge >= 0.3 is 7.82 Å². The fraction of sp³-hybridized carbons (Fsp3) is 1.00. The molecule has 84 valence electrons. The minimum atomic E-state index is -4.75. The maximum absolute atomic E-state index is 10.4. The van der Waals surface area contributed by atoms with Gasteiger partial charge in [-0.25, -0.2) is 4.57 Å². The van der Waals surface area contributed by atoms with E-state index >= 15 is 0 Å². The first kappa shape index (κ1) is 12.0. The molecule has 9 heteroatoms. The Morgan fingerprint density at radius 3 is 2.29 bits per heavy atom. The molecule has 1 heterocycles. The van der Waals surface area contributed by atoms with E-state index < -0.39 is 39.0 Å². The van der Waals surface area contributed by atoms with Gasteiger partial charge in [0, 0.05) is 0 Å². The summed E-state index contributed by atoms with van der Waals surface area (Å²) < 4.78 is 19.0. The van der Waals surface area contributed by atoms with Crippen LogP contribution in [0.3, 0.4) is 0 Å². The quantitative estimate of drug-likeness (QED) is 0.329. The van der Waals surface area contributed by atoms with E-state index in [1.165, 1.54) is 0 Å². The van der Waals surface area contributed by atoms with Crippen molar-refractivity contribution in [3.8, 4) is 0 Å². The van der Waals surface area contributed by atoms with Gasteiger partial charge in [-0.2, -0.15) is 0 Å². The summed E-state index contributed by atoms with van der Waals surface area (Å²) in [4.78, 5) is 16.8. The van der Waals surface area contributed by atoms with Crippen molar-refractivity contribution in [1.82, 2.24) is 0 Å². The van der Waals surface area contributed by atoms with E-state index in [0.29, 0.717) is 0 Å². The van der Waals surface area contributed by atoms with Crippen LogP contribution < -0.4 is 0 Å². The van der Waals surface area contributed by atoms with Gasteiger partial charge in [0.1, 0.15) is 18.3 Å². The summed E-state index contributed by atoms with van der Waals surface area (Å²) in [5.74, 6) is 0. The van der Waals surface area contributed by atoms with E-state index in [1.54, 1.807) is 0 Å². The summed E-state index contributed by atoms with van der Waals surface area (Å²) in [6.45, 7) is -0.412. The number of aliphatic hydroxyl groups excluding tert-OH is 3. The second-order valence-corrected chi connectivity index (χ2v) is 4.03. The molecule has 8 nitrogen and oxygen atoms in total. The largest absolute Gasteiger partial charge is 0.470 e. The minimum Gasteiger partial charge on any atom is -0.387 e. The van der Waals surface area contributed by atoms with E-state index in [2.05, 4.69) is 9.26 Å². The van der Waals surface area contributed by atoms with E-state index in [0.717, 1.165) is 0 Å². The lowest BCUT2D eigenvalue weighted by atomic mass is 10.1. The lowest BCUT2D eigenvalue weighted by Gasteiger charge is -2.34. The van der Waals surface area contributed by atoms with Crippen LogP contribution in [0.25, 0.3) is 0 Å². The first-order valence-electron chi connectivity index (χ1n) is 3.71. The smallest absolute Gasteiger partial charge is 0.387 e. The van der Waals surface area contributed by atoms with Crippen LogP contribution in [0.5, 0.6) is 0 Å². The van der Waals surface area contributed by atoms with Crippen molar-refractivity contribution in [2.24, 2.45) is 0 Å². The first-order chi connectivity index (χ1) is 6.31. The zero-order valence-electron chi connectivity index (χ0n) is 6.92. The number of hydrogen-bond donors (Lipinski definition) is 5. The number of hydrogen-bond acceptors (Lipinski definition) is 6. The van der Waals surface area contributed by atoms with Gasteiger partial charge in [-0.3, -0.25) is 4.52 Å². The minimum absolute atomic E-state index is 0.412. The fourth-order valence-electron chi connectivity index (χ4n) is 1.05. The van der Waals surface area contributed by atoms with Gasteiger partial charge < -0.3 is 29.8 Å². The molecule has 0 aromatic heterocycles. The maximum atomic E-state index is 10.4. The number of aliphatic hydroxyl groups is 3. The average Bonchev–Trinajstić information content (AvgIpc) is 2.04. The normalized spacial score (nSPS) is 39.8. The van der Waals surface area contributed by atoms with Gasteiger partial charge in [-0.15, -0.1) is 0 Å². The third kappa shape index (κ3) is 2.97. The Bertz CT molecular complexity index is 238. The van der Waals surface area contributed by atoms with Gasteiger partial charge in [0.15, 0.2) is 6.29 Å². The van der Waals surface area contributed by atoms with Crippen LogP contribution in [0, 0.1) is 0 Å². The molecule has 1 aliphatic heterocycles. The lowest BCUT2D eigenvalue weighted by Crippen LogP contribution is -2.53. The Balaban J connectivity index is 2.60. The highest BCUT2D eigenvalue weighted by Crippen LogP contribution is 2.39. The van der Waals surface area contributed by atoms with Crippen LogP contribution in [0.4, 0.5) is 0 Å². The van der Waals surface area contributed by atoms with Crippen LogP contribution >= 0.6 is 7.82 Å². The summed E-state index contributed by atoms with van der Waals surface area (Å²) in [5.41, 5.74) is 0. The zero-order valence-corrected chi connectivity index (χ0v) is 7.82. The number of ether oxygens (including phenoxy) is 1. The number of phosphoric ester groups is 1. The number of rotatable bonds is 2. The summed E-state index contributed by atoms with van der Waals surface area (Å²) in [7, 11) is -4.75. The molecule has 0 aromatic carbocycles. The van der Waals surface area contributed by atoms with Crippen LogP contribution in [0.15, 0.2) is 0 Å². The van der Waals surface area contributed by atoms with Crippen molar-refractivity contribution < 1.29 is 38.9 Å². The van der Waals surface area contributed by atoms with Crippen molar-refractivity contribution in [2.45, 2.75) is 24.6 Å². The molecule has 1 saturated heterocycles. The van der Waals surface area contributed by atoms with Crippen molar-refractivity contribution in [2.75, 3.05) is 6.61 Å². The van der Waals surface area contributed by atoms with Crippen molar-refractivity contribution in [1.29, 1.82) is 0 Å². The van der Waals surface area contributed by atoms with Crippen molar-refractivity contribution >= 4 is 7.82 Å². The molecule has 1 rings (SSSR count). The summed E-state index contributed by atoms with van der Waals surface area (Å²) in [6.07, 6.45) is -6.21. The van der Waals surface area contributed by atoms with Gasteiger partial charge in [0.05, 0.1) is 6.61 Å². The van der Waals surface area contributed by atoms with Gasteiger partial charge in [-0.05, 0) is 0 Å². The molecule has 4 atom stereocenters. The Morgan fingerprint density at radius 2 is 1.79 bits per heavy atom. The fourth-order valence-corrected chi connectivity index (χ4v) is 1.59. The summed E-state index contributed by atoms with van der Waals surface area (Å²) >= 11 is 0. The molecule has 14 heavy (non-hydrogen) atoms. The number of phosphoric acid groups is 1. The van der Waals surface area contributed by atoms with Crippen molar-refractivity contribution in [3.63, 3.8) is 0 Å². The summed E-state index contributed by atoms with van der Waals surface area (Å²) in [5, 5.41) is 27.2. The standard InChI is InChI=1S/C5H11O8P/c6-3-2(13-14(9,10)11)1-12-5(8)4(3)7/h2-8H,1H2,(H2,9,10,11)/t2-,3+,4-,5?/m1/s1. The molecule has 0 spiro atoms. The molecule has 0 aromatic rings. The SMILES string of the molecule is O=P(O)(O)O[C@@H]1COC(O)[C@H](O)[C@H]1O. The summed E-state index contributed by atoms with van der Waals surface area (Å²) in [6, 6.07) is 0. The molecular weight excluding hydrogens is 219 g/mol. The highest BCUT2D eigenvalue weighted by Gasteiger charge is 2.41. The molecule has 0 aliphatic carbocycles. The van der Waals surface area contributed by atoms with Gasteiger partial charge in [-0.1, -0.05) is 0 Å². The molecule has 1 unspecified atom stereocenters. The Labute approximate surface area is 78.9 Å². The monoisotopic (exact) mass is 230 g/mol. The zero-order chi connectivity index (χ0) is 10.9. The Hall–Kier alpha value is -0.0500. The van der Waals surface area contributed by atoms with E-state index in [9.17, 15) is 9.67 Å². The van der Waals surface area contributed by atoms with Crippen molar-refractivity contribution in [3.05, 3.63) is 0 Å². The Morgan fingerprint density at radius 1 is 1.21 bits per heavy atom. The highest BCUT2D eigenvalue weighted by molar-refractivity contribution is 7.46. The third-order valence-electron chi connectivity index (χ3n) is 1.73. The lowest BCUT2D eigenvalue weighted by molar-refractivity contribution is -0.249. The predicted octanol–water partition coefficient (Wildman–Crippen LogP) is -2.47. The molecule has 0 amide bonds. The van der Waals surface area contributed by atoms with Gasteiger partial charge in [0.25, 0.3) is 0 Å². The van der Waals surface area contributed by atoms with Crippen LogP contribution in [0.1, 0.15) is 0 Å². The molecule has 1 aliphatic rings. The molecule has 1 fully saturated rings. The third-order valence-corrected chi connectivity index (χ3v) is 2.27. The van der Waals surface area contributed by atoms with Crippen LogP contribution in [-0.2, 0) is 13.8 Å². The molecule has 5 N–H and O–H groups in total. The second-order valence-electron chi connectivity index (χ2n) is 2.84. The molecular formula is C5H11O8P. The van der Waals surface area contributed by atoms with E-state index in [1.807, 2.05) is 0 Å².